The van der Waals surface area contributed by atoms with Gasteiger partial charge in [-0.3, -0.25) is 14.5 Å². The molecular formula is C32H41N5O2. The van der Waals surface area contributed by atoms with Crippen LogP contribution in [0.2, 0.25) is 0 Å². The molecule has 0 bridgehead atoms. The van der Waals surface area contributed by atoms with Crippen LogP contribution in [0, 0.1) is 26.7 Å². The summed E-state index contributed by atoms with van der Waals surface area (Å²) in [6.45, 7) is 13.2. The molecule has 2 saturated heterocycles. The summed E-state index contributed by atoms with van der Waals surface area (Å²) in [5.74, 6) is 0.373. The van der Waals surface area contributed by atoms with Gasteiger partial charge in [-0.25, -0.2) is 4.68 Å². The smallest absolute Gasteiger partial charge is 0.246 e. The first-order valence-electron chi connectivity index (χ1n) is 14.2. The molecule has 1 N–H and O–H groups in total. The largest absolute Gasteiger partial charge is 0.342 e. The molecule has 3 heterocycles. The van der Waals surface area contributed by atoms with Gasteiger partial charge >= 0.3 is 0 Å². The lowest BCUT2D eigenvalue weighted by molar-refractivity contribution is -0.162. The summed E-state index contributed by atoms with van der Waals surface area (Å²) < 4.78 is 2.02. The van der Waals surface area contributed by atoms with E-state index in [1.54, 1.807) is 0 Å². The van der Waals surface area contributed by atoms with Gasteiger partial charge in [0.15, 0.2) is 0 Å². The maximum atomic E-state index is 13.9. The van der Waals surface area contributed by atoms with E-state index in [1.807, 2.05) is 33.8 Å². The Balaban J connectivity index is 1.36. The summed E-state index contributed by atoms with van der Waals surface area (Å²) >= 11 is 0. The van der Waals surface area contributed by atoms with Gasteiger partial charge in [-0.05, 0) is 63.6 Å². The minimum Gasteiger partial charge on any atom is -0.342 e. The number of para-hydroxylation sites is 1. The van der Waals surface area contributed by atoms with Crippen LogP contribution in [0.3, 0.4) is 0 Å². The molecule has 7 heteroatoms. The number of hydrogen-bond acceptors (Lipinski definition) is 4. The molecular weight excluding hydrogens is 486 g/mol. The number of aryl methyl sites for hydroxylation is 2. The van der Waals surface area contributed by atoms with Crippen molar-refractivity contribution in [3.63, 3.8) is 0 Å². The number of aromatic nitrogens is 2. The van der Waals surface area contributed by atoms with Gasteiger partial charge in [0.05, 0.1) is 11.4 Å². The Bertz CT molecular complexity index is 1340. The zero-order valence-corrected chi connectivity index (χ0v) is 23.9. The first-order chi connectivity index (χ1) is 18.7. The van der Waals surface area contributed by atoms with Crippen molar-refractivity contribution in [2.45, 2.75) is 78.6 Å². The Kier molecular flexibility index (Phi) is 7.63. The summed E-state index contributed by atoms with van der Waals surface area (Å²) in [6.07, 6.45) is 1.90. The molecule has 5 rings (SSSR count). The molecule has 2 aliphatic heterocycles. The Hall–Kier alpha value is -3.45. The van der Waals surface area contributed by atoms with Gasteiger partial charge in [-0.1, -0.05) is 61.9 Å². The predicted octanol–water partition coefficient (Wildman–Crippen LogP) is 4.71. The molecule has 3 aromatic rings. The van der Waals surface area contributed by atoms with Crippen molar-refractivity contribution in [2.75, 3.05) is 13.1 Å². The second-order valence-corrected chi connectivity index (χ2v) is 11.8. The Labute approximate surface area is 232 Å². The number of hydrogen-bond donors (Lipinski definition) is 1. The average Bonchev–Trinajstić information content (AvgIpc) is 3.19. The normalized spacial score (nSPS) is 19.6. The molecule has 206 valence electrons. The van der Waals surface area contributed by atoms with Crippen LogP contribution in [0.4, 0.5) is 0 Å². The summed E-state index contributed by atoms with van der Waals surface area (Å²) in [5.41, 5.74) is 5.87. The lowest BCUT2D eigenvalue weighted by atomic mass is 9.80. The molecule has 0 radical (unpaired) electrons. The quantitative estimate of drug-likeness (QED) is 0.483. The van der Waals surface area contributed by atoms with Crippen molar-refractivity contribution in [3.8, 4) is 5.69 Å². The highest BCUT2D eigenvalue weighted by atomic mass is 16.2. The maximum Gasteiger partial charge on any atom is 0.246 e. The van der Waals surface area contributed by atoms with Gasteiger partial charge in [-0.2, -0.15) is 5.10 Å². The molecule has 2 aliphatic rings. The lowest BCUT2D eigenvalue weighted by Gasteiger charge is -2.52. The van der Waals surface area contributed by atoms with E-state index in [1.165, 1.54) is 5.56 Å². The fourth-order valence-electron chi connectivity index (χ4n) is 6.26. The van der Waals surface area contributed by atoms with Gasteiger partial charge < -0.3 is 10.2 Å². The molecule has 0 aliphatic carbocycles. The van der Waals surface area contributed by atoms with Crippen LogP contribution in [0.1, 0.15) is 61.2 Å². The van der Waals surface area contributed by atoms with E-state index in [-0.39, 0.29) is 11.8 Å². The number of piperidine rings is 1. The third kappa shape index (κ3) is 5.37. The Morgan fingerprint density at radius 2 is 1.69 bits per heavy atom. The zero-order chi connectivity index (χ0) is 27.7. The number of amides is 2. The van der Waals surface area contributed by atoms with Crippen LogP contribution in [0.25, 0.3) is 5.69 Å². The fraction of sp³-hybridized carbons (Fsp3) is 0.469. The molecule has 1 spiro atoms. The van der Waals surface area contributed by atoms with Gasteiger partial charge in [0, 0.05) is 37.4 Å². The van der Waals surface area contributed by atoms with Crippen molar-refractivity contribution in [3.05, 3.63) is 82.7 Å². The minimum absolute atomic E-state index is 0.00399. The number of carbonyl (C=O) groups is 2. The second kappa shape index (κ2) is 11.0. The van der Waals surface area contributed by atoms with E-state index >= 15 is 0 Å². The van der Waals surface area contributed by atoms with Crippen molar-refractivity contribution in [1.82, 2.24) is 24.9 Å². The average molecular weight is 528 g/mol. The fourth-order valence-corrected chi connectivity index (χ4v) is 6.26. The van der Waals surface area contributed by atoms with Crippen LogP contribution in [0.5, 0.6) is 0 Å². The van der Waals surface area contributed by atoms with Gasteiger partial charge in [0.25, 0.3) is 0 Å². The van der Waals surface area contributed by atoms with Crippen LogP contribution in [-0.2, 0) is 22.7 Å². The van der Waals surface area contributed by atoms with Crippen molar-refractivity contribution in [2.24, 2.45) is 5.92 Å². The number of piperazine rings is 1. The van der Waals surface area contributed by atoms with Gasteiger partial charge in [0.2, 0.25) is 11.8 Å². The standard InChI is InChI=1S/C32H41N5O2/c1-22(2)18-29-30(38)36(20-26-11-9-10-23(3)19-26)32(31(39)33-29)14-16-35(17-15-32)21-28-24(4)34-37(25(28)5)27-12-7-6-8-13-27/h6-13,19,22,29H,14-18,20-21H2,1-5H3,(H,33,39). The highest BCUT2D eigenvalue weighted by Crippen LogP contribution is 2.36. The van der Waals surface area contributed by atoms with E-state index in [9.17, 15) is 9.59 Å². The Morgan fingerprint density at radius 1 is 0.974 bits per heavy atom. The van der Waals surface area contributed by atoms with E-state index in [4.69, 9.17) is 5.10 Å². The number of nitrogens with one attached hydrogen (secondary N) is 1. The van der Waals surface area contributed by atoms with Crippen molar-refractivity contribution < 1.29 is 9.59 Å². The number of nitrogens with zero attached hydrogens (tertiary/aromatic N) is 4. The molecule has 1 unspecified atom stereocenters. The summed E-state index contributed by atoms with van der Waals surface area (Å²) in [6, 6.07) is 18.0. The topological polar surface area (TPSA) is 70.5 Å². The highest BCUT2D eigenvalue weighted by molar-refractivity contribution is 6.00. The van der Waals surface area contributed by atoms with E-state index in [0.29, 0.717) is 31.7 Å². The van der Waals surface area contributed by atoms with Crippen molar-refractivity contribution in [1.29, 1.82) is 0 Å². The van der Waals surface area contributed by atoms with E-state index in [2.05, 4.69) is 75.2 Å². The van der Waals surface area contributed by atoms with Gasteiger partial charge in [0.1, 0.15) is 11.6 Å². The third-order valence-electron chi connectivity index (χ3n) is 8.45. The number of carbonyl (C=O) groups excluding carboxylic acids is 2. The van der Waals surface area contributed by atoms with Crippen molar-refractivity contribution >= 4 is 11.8 Å². The number of rotatable bonds is 7. The predicted molar refractivity (Wildman–Crippen MR) is 153 cm³/mol. The maximum absolute atomic E-state index is 13.9. The van der Waals surface area contributed by atoms with Crippen LogP contribution < -0.4 is 5.32 Å². The van der Waals surface area contributed by atoms with E-state index < -0.39 is 11.6 Å². The highest BCUT2D eigenvalue weighted by Gasteiger charge is 2.53. The Morgan fingerprint density at radius 3 is 2.36 bits per heavy atom. The monoisotopic (exact) mass is 527 g/mol. The SMILES string of the molecule is Cc1cccc(CN2C(=O)C(CC(C)C)NC(=O)C23CCN(Cc2c(C)nn(-c4ccccc4)c2C)CC3)c1. The van der Waals surface area contributed by atoms with Crippen LogP contribution >= 0.6 is 0 Å². The number of benzene rings is 2. The second-order valence-electron chi connectivity index (χ2n) is 11.8. The lowest BCUT2D eigenvalue weighted by Crippen LogP contribution is -2.72. The van der Waals surface area contributed by atoms with Crippen LogP contribution in [-0.4, -0.2) is 56.1 Å². The minimum atomic E-state index is -0.816. The summed E-state index contributed by atoms with van der Waals surface area (Å²) in [7, 11) is 0. The molecule has 39 heavy (non-hydrogen) atoms. The first-order valence-corrected chi connectivity index (χ1v) is 14.2. The van der Waals surface area contributed by atoms with Crippen LogP contribution in [0.15, 0.2) is 54.6 Å². The molecule has 2 amide bonds. The molecule has 2 fully saturated rings. The molecule has 1 aromatic heterocycles. The zero-order valence-electron chi connectivity index (χ0n) is 23.9. The summed E-state index contributed by atoms with van der Waals surface area (Å²) in [5, 5.41) is 7.95. The first kappa shape index (κ1) is 27.1. The molecule has 2 aromatic carbocycles. The number of likely N-dealkylation sites (tertiary alicyclic amines) is 1. The summed E-state index contributed by atoms with van der Waals surface area (Å²) in [4.78, 5) is 31.9. The molecule has 0 saturated carbocycles. The molecule has 1 atom stereocenters. The third-order valence-corrected chi connectivity index (χ3v) is 8.45. The van der Waals surface area contributed by atoms with Gasteiger partial charge in [-0.15, -0.1) is 0 Å². The van der Waals surface area contributed by atoms with E-state index in [0.717, 1.165) is 47.8 Å². The molecule has 7 nitrogen and oxygen atoms in total.